The highest BCUT2D eigenvalue weighted by atomic mass is 32.1. The maximum absolute atomic E-state index is 11.5. The largest absolute Gasteiger partial charge is 0.477 e. The van der Waals surface area contributed by atoms with Crippen molar-refractivity contribution in [3.8, 4) is 22.0 Å². The Morgan fingerprint density at radius 2 is 1.95 bits per heavy atom. The van der Waals surface area contributed by atoms with Crippen LogP contribution in [0.3, 0.4) is 0 Å². The second-order valence-electron chi connectivity index (χ2n) is 4.59. The molecule has 1 N–H and O–H groups in total. The summed E-state index contributed by atoms with van der Waals surface area (Å²) < 4.78 is 0. The molecule has 1 aromatic carbocycles. The summed E-state index contributed by atoms with van der Waals surface area (Å²) in [6.45, 7) is 1.97. The molecule has 0 aliphatic heterocycles. The number of carbonyl (C=O) groups is 1. The Bertz CT molecular complexity index is 797. The van der Waals surface area contributed by atoms with Gasteiger partial charge in [-0.15, -0.1) is 11.3 Å². The molecule has 0 unspecified atom stereocenters. The number of benzene rings is 1. The average Bonchev–Trinajstić information content (AvgIpc) is 2.93. The van der Waals surface area contributed by atoms with Crippen molar-refractivity contribution in [1.82, 2.24) is 9.97 Å². The third kappa shape index (κ3) is 2.68. The molecule has 4 nitrogen and oxygen atoms in total. The minimum Gasteiger partial charge on any atom is -0.477 e. The molecule has 104 valence electrons. The van der Waals surface area contributed by atoms with Crippen LogP contribution in [0.1, 0.15) is 15.2 Å². The van der Waals surface area contributed by atoms with Crippen molar-refractivity contribution in [1.29, 1.82) is 0 Å². The predicted molar refractivity (Wildman–Crippen MR) is 82.5 cm³/mol. The molecule has 0 saturated heterocycles. The first-order chi connectivity index (χ1) is 10.1. The van der Waals surface area contributed by atoms with E-state index in [4.69, 9.17) is 0 Å². The van der Waals surface area contributed by atoms with Crippen molar-refractivity contribution in [2.45, 2.75) is 6.92 Å². The second kappa shape index (κ2) is 5.46. The Hall–Kier alpha value is -2.53. The third-order valence-corrected chi connectivity index (χ3v) is 4.07. The van der Waals surface area contributed by atoms with Gasteiger partial charge in [-0.2, -0.15) is 0 Å². The van der Waals surface area contributed by atoms with Crippen LogP contribution in [-0.4, -0.2) is 21.0 Å². The Morgan fingerprint density at radius 3 is 2.62 bits per heavy atom. The van der Waals surface area contributed by atoms with Gasteiger partial charge >= 0.3 is 5.97 Å². The normalized spacial score (nSPS) is 10.5. The van der Waals surface area contributed by atoms with Crippen LogP contribution in [0.2, 0.25) is 0 Å². The van der Waals surface area contributed by atoms with E-state index in [-0.39, 0.29) is 4.88 Å². The standard InChI is InChI=1S/C16H12N2O2S/c1-10-7-8-17-12(9-10)15-18-13(14(21-15)16(19)20)11-5-3-2-4-6-11/h2-9H,1H3,(H,19,20). The van der Waals surface area contributed by atoms with Crippen molar-refractivity contribution in [3.05, 3.63) is 59.1 Å². The van der Waals surface area contributed by atoms with Crippen LogP contribution in [-0.2, 0) is 0 Å². The summed E-state index contributed by atoms with van der Waals surface area (Å²) in [7, 11) is 0. The van der Waals surface area contributed by atoms with Gasteiger partial charge in [-0.1, -0.05) is 30.3 Å². The molecule has 0 aliphatic rings. The second-order valence-corrected chi connectivity index (χ2v) is 5.59. The van der Waals surface area contributed by atoms with Crippen LogP contribution in [0.5, 0.6) is 0 Å². The molecule has 0 aliphatic carbocycles. The molecule has 0 saturated carbocycles. The lowest BCUT2D eigenvalue weighted by atomic mass is 10.1. The molecule has 5 heteroatoms. The minimum absolute atomic E-state index is 0.236. The smallest absolute Gasteiger partial charge is 0.348 e. The van der Waals surface area contributed by atoms with E-state index in [2.05, 4.69) is 9.97 Å². The topological polar surface area (TPSA) is 63.1 Å². The van der Waals surface area contributed by atoms with Crippen LogP contribution in [0, 0.1) is 6.92 Å². The lowest BCUT2D eigenvalue weighted by Gasteiger charge is -1.98. The van der Waals surface area contributed by atoms with Gasteiger partial charge in [0.1, 0.15) is 9.88 Å². The maximum atomic E-state index is 11.5. The number of aryl methyl sites for hydroxylation is 1. The van der Waals surface area contributed by atoms with Crippen LogP contribution < -0.4 is 0 Å². The molecule has 21 heavy (non-hydrogen) atoms. The zero-order chi connectivity index (χ0) is 14.8. The Labute approximate surface area is 125 Å². The molecule has 2 heterocycles. The third-order valence-electron chi connectivity index (χ3n) is 3.00. The van der Waals surface area contributed by atoms with Gasteiger partial charge < -0.3 is 5.11 Å². The highest BCUT2D eigenvalue weighted by molar-refractivity contribution is 7.17. The first-order valence-electron chi connectivity index (χ1n) is 6.38. The molecule has 0 atom stereocenters. The number of pyridine rings is 1. The summed E-state index contributed by atoms with van der Waals surface area (Å²) in [5, 5.41) is 10.0. The van der Waals surface area contributed by atoms with Gasteiger partial charge in [0.2, 0.25) is 0 Å². The van der Waals surface area contributed by atoms with E-state index in [1.165, 1.54) is 0 Å². The Kier molecular flexibility index (Phi) is 3.50. The molecule has 0 spiro atoms. The molecule has 3 rings (SSSR count). The Morgan fingerprint density at radius 1 is 1.19 bits per heavy atom. The molecule has 2 aromatic heterocycles. The van der Waals surface area contributed by atoms with Crippen molar-refractivity contribution in [2.75, 3.05) is 0 Å². The number of hydrogen-bond acceptors (Lipinski definition) is 4. The van der Waals surface area contributed by atoms with Gasteiger partial charge in [0.25, 0.3) is 0 Å². The van der Waals surface area contributed by atoms with Gasteiger partial charge in [-0.3, -0.25) is 4.98 Å². The van der Waals surface area contributed by atoms with E-state index in [0.29, 0.717) is 16.4 Å². The highest BCUT2D eigenvalue weighted by Gasteiger charge is 2.19. The van der Waals surface area contributed by atoms with E-state index in [9.17, 15) is 9.90 Å². The van der Waals surface area contributed by atoms with Crippen molar-refractivity contribution >= 4 is 17.3 Å². The van der Waals surface area contributed by atoms with E-state index in [1.807, 2.05) is 49.4 Å². The summed E-state index contributed by atoms with van der Waals surface area (Å²) in [6, 6.07) is 13.1. The molecule has 3 aromatic rings. The number of carboxylic acids is 1. The number of aromatic nitrogens is 2. The molecular formula is C16H12N2O2S. The number of rotatable bonds is 3. The van der Waals surface area contributed by atoms with E-state index in [1.54, 1.807) is 6.20 Å². The summed E-state index contributed by atoms with van der Waals surface area (Å²) >= 11 is 1.15. The van der Waals surface area contributed by atoms with Crippen molar-refractivity contribution in [3.63, 3.8) is 0 Å². The average molecular weight is 296 g/mol. The number of nitrogens with zero attached hydrogens (tertiary/aromatic N) is 2. The first-order valence-corrected chi connectivity index (χ1v) is 7.19. The molecular weight excluding hydrogens is 284 g/mol. The monoisotopic (exact) mass is 296 g/mol. The predicted octanol–water partition coefficient (Wildman–Crippen LogP) is 3.88. The SMILES string of the molecule is Cc1ccnc(-c2nc(-c3ccccc3)c(C(=O)O)s2)c1. The van der Waals surface area contributed by atoms with E-state index < -0.39 is 5.97 Å². The van der Waals surface area contributed by atoms with E-state index in [0.717, 1.165) is 22.5 Å². The summed E-state index contributed by atoms with van der Waals surface area (Å²) in [4.78, 5) is 20.5. The van der Waals surface area contributed by atoms with Crippen LogP contribution >= 0.6 is 11.3 Å². The fourth-order valence-electron chi connectivity index (χ4n) is 2.02. The number of thiazole rings is 1. The fraction of sp³-hybridized carbons (Fsp3) is 0.0625. The van der Waals surface area contributed by atoms with Gasteiger partial charge in [0.05, 0.1) is 11.4 Å². The Balaban J connectivity index is 2.15. The van der Waals surface area contributed by atoms with Crippen molar-refractivity contribution in [2.24, 2.45) is 0 Å². The lowest BCUT2D eigenvalue weighted by Crippen LogP contribution is -1.95. The molecule has 0 amide bonds. The van der Waals surface area contributed by atoms with Gasteiger partial charge in [0.15, 0.2) is 0 Å². The number of aromatic carboxylic acids is 1. The summed E-state index contributed by atoms with van der Waals surface area (Å²) in [5.74, 6) is -0.967. The highest BCUT2D eigenvalue weighted by Crippen LogP contribution is 2.33. The van der Waals surface area contributed by atoms with Gasteiger partial charge in [-0.05, 0) is 24.6 Å². The summed E-state index contributed by atoms with van der Waals surface area (Å²) in [5.41, 5.74) is 3.05. The van der Waals surface area contributed by atoms with Gasteiger partial charge in [0, 0.05) is 11.8 Å². The van der Waals surface area contributed by atoms with Gasteiger partial charge in [-0.25, -0.2) is 9.78 Å². The maximum Gasteiger partial charge on any atom is 0.348 e. The number of carboxylic acid groups (broad SMARTS) is 1. The fourth-order valence-corrected chi connectivity index (χ4v) is 2.91. The molecule has 0 radical (unpaired) electrons. The zero-order valence-corrected chi connectivity index (χ0v) is 12.1. The van der Waals surface area contributed by atoms with E-state index >= 15 is 0 Å². The quantitative estimate of drug-likeness (QED) is 0.796. The van der Waals surface area contributed by atoms with Crippen LogP contribution in [0.15, 0.2) is 48.7 Å². The summed E-state index contributed by atoms with van der Waals surface area (Å²) in [6.07, 6.45) is 1.70. The van der Waals surface area contributed by atoms with Crippen molar-refractivity contribution < 1.29 is 9.90 Å². The van der Waals surface area contributed by atoms with Crippen LogP contribution in [0.4, 0.5) is 0 Å². The number of hydrogen-bond donors (Lipinski definition) is 1. The first kappa shape index (κ1) is 13.5. The molecule has 0 bridgehead atoms. The van der Waals surface area contributed by atoms with Crippen LogP contribution in [0.25, 0.3) is 22.0 Å². The lowest BCUT2D eigenvalue weighted by molar-refractivity contribution is 0.0702. The zero-order valence-electron chi connectivity index (χ0n) is 11.3. The minimum atomic E-state index is -0.967. The molecule has 0 fully saturated rings.